The van der Waals surface area contributed by atoms with Gasteiger partial charge in [0.05, 0.1) is 47.6 Å². The number of hydrogen-bond donors (Lipinski definition) is 5. The summed E-state index contributed by atoms with van der Waals surface area (Å²) in [5.74, 6) is -4.47. The van der Waals surface area contributed by atoms with Crippen LogP contribution in [0.4, 0.5) is 0 Å². The van der Waals surface area contributed by atoms with Crippen LogP contribution in [0, 0.1) is 33.8 Å². The lowest BCUT2D eigenvalue weighted by Gasteiger charge is -2.50. The third kappa shape index (κ3) is 11.5. The number of carbonyl (C=O) groups is 2. The summed E-state index contributed by atoms with van der Waals surface area (Å²) in [5, 5.41) is 59.2. The minimum atomic E-state index is -1.96. The topological polar surface area (TPSA) is 246 Å². The highest BCUT2D eigenvalue weighted by molar-refractivity contribution is 5.83. The zero-order chi connectivity index (χ0) is 43.2. The number of likely N-dealkylation sites (N-methyl/N-ethyl adjacent to an activating group) is 1. The molecule has 3 rings (SSSR count). The maximum atomic E-state index is 14.2. The van der Waals surface area contributed by atoms with Crippen LogP contribution in [0.25, 0.3) is 0 Å². The monoisotopic (exact) mass is 810 g/mol. The molecule has 18 heteroatoms. The Bertz CT molecular complexity index is 1290. The average Bonchev–Trinajstić information content (AvgIpc) is 3.12. The van der Waals surface area contributed by atoms with E-state index in [0.29, 0.717) is 6.42 Å². The molecule has 0 aromatic heterocycles. The summed E-state index contributed by atoms with van der Waals surface area (Å²) < 4.78 is 43.9. The molecule has 3 aliphatic heterocycles. The third-order valence-corrected chi connectivity index (χ3v) is 12.3. The van der Waals surface area contributed by atoms with E-state index < -0.39 is 107 Å². The number of methoxy groups -OCH3 is 2. The lowest BCUT2D eigenvalue weighted by atomic mass is 9.74. The first-order valence-corrected chi connectivity index (χ1v) is 19.4. The summed E-state index contributed by atoms with van der Waals surface area (Å²) in [7, 11) is 6.77. The smallest absolute Gasteiger partial charge is 0.311 e. The SMILES string of the molecule is CC[C@H]1OC(=O)[C@H](C)[C@@H](O[C@H]2C[C@@](C)(OC)[C@@H](O)[C@H](C)O2)C(C)[C@@H](O[C@@H]2O[C@H](C)C[C@H](N(C)C)[C@H]2O)[C@](C)(OC)C[C@@H](C)C(=O)[C@H](C)[C@@H](O)[C@]1(C)O.O=[N+]([O-])O. The van der Waals surface area contributed by atoms with E-state index in [1.165, 1.54) is 21.1 Å². The van der Waals surface area contributed by atoms with Gasteiger partial charge in [0.2, 0.25) is 0 Å². The predicted molar refractivity (Wildman–Crippen MR) is 200 cm³/mol. The number of carbonyl (C=O) groups excluding carboxylic acids is 2. The molecule has 0 amide bonds. The Morgan fingerprint density at radius 1 is 0.893 bits per heavy atom. The van der Waals surface area contributed by atoms with Crippen molar-refractivity contribution in [2.45, 2.75) is 179 Å². The maximum absolute atomic E-state index is 14.2. The van der Waals surface area contributed by atoms with Crippen LogP contribution in [-0.4, -0.2) is 160 Å². The predicted octanol–water partition coefficient (Wildman–Crippen LogP) is 2.09. The first-order valence-electron chi connectivity index (χ1n) is 19.4. The van der Waals surface area contributed by atoms with Gasteiger partial charge in [0.25, 0.3) is 5.09 Å². The molecule has 0 aliphatic carbocycles. The van der Waals surface area contributed by atoms with Gasteiger partial charge < -0.3 is 63.7 Å². The van der Waals surface area contributed by atoms with E-state index in [2.05, 4.69) is 0 Å². The summed E-state index contributed by atoms with van der Waals surface area (Å²) in [6, 6.07) is -0.283. The van der Waals surface area contributed by atoms with Crippen molar-refractivity contribution in [1.29, 1.82) is 0 Å². The number of ketones is 1. The molecule has 0 saturated carbocycles. The van der Waals surface area contributed by atoms with Crippen molar-refractivity contribution >= 4 is 11.8 Å². The first-order chi connectivity index (χ1) is 25.7. The molecular weight excluding hydrogens is 740 g/mol. The van der Waals surface area contributed by atoms with Gasteiger partial charge in [0.1, 0.15) is 29.7 Å². The molecule has 0 aromatic carbocycles. The van der Waals surface area contributed by atoms with Crippen molar-refractivity contribution < 1.29 is 73.5 Å². The Morgan fingerprint density at radius 2 is 1.45 bits per heavy atom. The van der Waals surface area contributed by atoms with Crippen molar-refractivity contribution in [3.8, 4) is 0 Å². The van der Waals surface area contributed by atoms with E-state index in [1.54, 1.807) is 48.5 Å². The Labute approximate surface area is 331 Å². The van der Waals surface area contributed by atoms with Gasteiger partial charge >= 0.3 is 5.97 Å². The van der Waals surface area contributed by atoms with Crippen molar-refractivity contribution in [3.63, 3.8) is 0 Å². The van der Waals surface area contributed by atoms with Gasteiger partial charge in [-0.15, -0.1) is 10.1 Å². The molecule has 5 N–H and O–H groups in total. The van der Waals surface area contributed by atoms with Crippen molar-refractivity contribution in [3.05, 3.63) is 10.1 Å². The van der Waals surface area contributed by atoms with Crippen LogP contribution in [0.15, 0.2) is 0 Å². The van der Waals surface area contributed by atoms with Crippen LogP contribution in [0.5, 0.6) is 0 Å². The molecule has 3 heterocycles. The van der Waals surface area contributed by atoms with E-state index >= 15 is 0 Å². The van der Waals surface area contributed by atoms with Crippen LogP contribution in [0.1, 0.15) is 94.9 Å². The zero-order valence-electron chi connectivity index (χ0n) is 35.6. The zero-order valence-corrected chi connectivity index (χ0v) is 35.6. The Kier molecular flexibility index (Phi) is 18.1. The van der Waals surface area contributed by atoms with E-state index in [0.717, 1.165) is 0 Å². The average molecular weight is 811 g/mol. The molecule has 3 aliphatic rings. The van der Waals surface area contributed by atoms with E-state index in [9.17, 15) is 30.0 Å². The van der Waals surface area contributed by atoms with E-state index in [1.807, 2.05) is 32.8 Å². The summed E-state index contributed by atoms with van der Waals surface area (Å²) in [6.07, 6.45) is -8.73. The first kappa shape index (κ1) is 50.0. The number of cyclic esters (lactones) is 1. The minimum Gasteiger partial charge on any atom is -0.459 e. The minimum absolute atomic E-state index is 0.111. The number of rotatable bonds is 8. The highest BCUT2D eigenvalue weighted by Crippen LogP contribution is 2.41. The summed E-state index contributed by atoms with van der Waals surface area (Å²) in [4.78, 5) is 38.4. The number of ether oxygens (including phenoxy) is 7. The maximum Gasteiger partial charge on any atom is 0.311 e. The fourth-order valence-corrected chi connectivity index (χ4v) is 8.58. The molecule has 1 unspecified atom stereocenters. The number of nitrogens with zero attached hydrogens (tertiary/aromatic N) is 2. The fourth-order valence-electron chi connectivity index (χ4n) is 8.58. The summed E-state index contributed by atoms with van der Waals surface area (Å²) in [6.45, 7) is 17.1. The van der Waals surface area contributed by atoms with Gasteiger partial charge in [0.15, 0.2) is 12.6 Å². The summed E-state index contributed by atoms with van der Waals surface area (Å²) in [5.41, 5.74) is -4.24. The second kappa shape index (κ2) is 20.2. The number of aliphatic hydroxyl groups is 4. The van der Waals surface area contributed by atoms with Gasteiger partial charge in [-0.3, -0.25) is 9.59 Å². The number of aliphatic hydroxyl groups excluding tert-OH is 3. The van der Waals surface area contributed by atoms with Crippen LogP contribution in [0.2, 0.25) is 0 Å². The molecule has 0 spiro atoms. The van der Waals surface area contributed by atoms with Gasteiger partial charge in [-0.05, 0) is 74.9 Å². The van der Waals surface area contributed by atoms with Gasteiger partial charge in [-0.25, -0.2) is 0 Å². The van der Waals surface area contributed by atoms with E-state index in [-0.39, 0.29) is 37.2 Å². The largest absolute Gasteiger partial charge is 0.459 e. The normalized spacial score (nSPS) is 45.9. The Balaban J connectivity index is 0.00000258. The second-order valence-electron chi connectivity index (χ2n) is 16.9. The molecule has 0 radical (unpaired) electrons. The number of hydrogen-bond acceptors (Lipinski definition) is 16. The van der Waals surface area contributed by atoms with Crippen molar-refractivity contribution in [2.24, 2.45) is 23.7 Å². The molecule has 3 fully saturated rings. The van der Waals surface area contributed by atoms with Crippen molar-refractivity contribution in [2.75, 3.05) is 28.3 Å². The number of Topliss-reactive ketones (excluding diaryl/α,β-unsaturated/α-hetero) is 1. The van der Waals surface area contributed by atoms with Gasteiger partial charge in [-0.1, -0.05) is 27.7 Å². The molecule has 18 nitrogen and oxygen atoms in total. The molecule has 56 heavy (non-hydrogen) atoms. The van der Waals surface area contributed by atoms with Crippen LogP contribution >= 0.6 is 0 Å². The fraction of sp³-hybridized carbons (Fsp3) is 0.947. The summed E-state index contributed by atoms with van der Waals surface area (Å²) >= 11 is 0. The molecule has 3 saturated heterocycles. The highest BCUT2D eigenvalue weighted by atomic mass is 16.9. The lowest BCUT2D eigenvalue weighted by Crippen LogP contribution is -2.61. The Hall–Kier alpha value is -2.10. The second-order valence-corrected chi connectivity index (χ2v) is 16.9. The Morgan fingerprint density at radius 3 is 1.95 bits per heavy atom. The van der Waals surface area contributed by atoms with Crippen LogP contribution < -0.4 is 0 Å². The van der Waals surface area contributed by atoms with Crippen LogP contribution in [0.3, 0.4) is 0 Å². The van der Waals surface area contributed by atoms with Crippen molar-refractivity contribution in [1.82, 2.24) is 4.90 Å². The third-order valence-electron chi connectivity index (χ3n) is 12.3. The van der Waals surface area contributed by atoms with Crippen LogP contribution in [-0.2, 0) is 42.7 Å². The molecule has 0 bridgehead atoms. The highest BCUT2D eigenvalue weighted by Gasteiger charge is 2.54. The van der Waals surface area contributed by atoms with E-state index in [4.69, 9.17) is 48.5 Å². The number of esters is 1. The van der Waals surface area contributed by atoms with Gasteiger partial charge in [0, 0.05) is 44.4 Å². The molecule has 18 atom stereocenters. The molecule has 0 aromatic rings. The quantitative estimate of drug-likeness (QED) is 0.134. The van der Waals surface area contributed by atoms with Gasteiger partial charge in [-0.2, -0.15) is 0 Å². The molecular formula is C38H70N2O16. The lowest BCUT2D eigenvalue weighted by molar-refractivity contribution is -0.742. The standard InChI is InChI=1S/C38H69NO13.HNO3/c1-15-26-38(10,45)31(42)21(4)28(40)19(2)17-37(9,47-14)33(52-35-29(41)25(39(11)12)16-20(3)48-35)22(5)30(23(6)34(44)50-26)51-27-18-36(8,46-13)32(43)24(7)49-27;2-1(3)4/h19-27,29-33,35,41-43,45H,15-18H2,1-14H3;(H,2,3,4)/t19-,20-,21+,22?,23-,24+,25+,26-,27+,29-,30+,31-,32+,33-,35+,36-,37-,38-;/m1./s1. The molecule has 328 valence electrons.